The highest BCUT2D eigenvalue weighted by Crippen LogP contribution is 2.32. The van der Waals surface area contributed by atoms with Gasteiger partial charge in [-0.05, 0) is 24.6 Å². The van der Waals surface area contributed by atoms with Crippen LogP contribution in [0.5, 0.6) is 17.2 Å². The van der Waals surface area contributed by atoms with Crippen LogP contribution in [-0.2, 0) is 4.74 Å². The third-order valence-corrected chi connectivity index (χ3v) is 5.07. The van der Waals surface area contributed by atoms with Crippen LogP contribution in [0.3, 0.4) is 0 Å². The molecule has 2 heterocycles. The molecule has 5 N–H and O–H groups in total. The van der Waals surface area contributed by atoms with Gasteiger partial charge in [0, 0.05) is 12.1 Å². The van der Waals surface area contributed by atoms with Crippen LogP contribution in [0.4, 0.5) is 0 Å². The molecule has 1 aliphatic heterocycles. The summed E-state index contributed by atoms with van der Waals surface area (Å²) in [6, 6.07) is 8.46. The van der Waals surface area contributed by atoms with Crippen molar-refractivity contribution in [2.45, 2.75) is 37.6 Å². The molecule has 1 aromatic heterocycles. The van der Waals surface area contributed by atoms with Crippen molar-refractivity contribution in [3.63, 3.8) is 0 Å². The second-order valence-corrected chi connectivity index (χ2v) is 7.14. The van der Waals surface area contributed by atoms with Gasteiger partial charge in [0.05, 0.1) is 11.7 Å². The zero-order valence-electron chi connectivity index (χ0n) is 15.8. The number of phenolic OH excluding ortho intramolecular Hbond substituents is 2. The minimum Gasteiger partial charge on any atom is -0.508 e. The predicted molar refractivity (Wildman–Crippen MR) is 104 cm³/mol. The Bertz CT molecular complexity index is 1120. The molecule has 0 bridgehead atoms. The van der Waals surface area contributed by atoms with E-state index in [1.807, 2.05) is 0 Å². The molecule has 0 saturated carbocycles. The molecule has 0 aliphatic carbocycles. The maximum Gasteiger partial charge on any atom is 0.229 e. The number of ether oxygens (including phenoxy) is 2. The van der Waals surface area contributed by atoms with Crippen LogP contribution in [0.1, 0.15) is 6.92 Å². The Hall–Kier alpha value is -3.11. The molecule has 158 valence electrons. The number of benzene rings is 2. The molecule has 1 aliphatic rings. The number of aromatic hydroxyl groups is 2. The van der Waals surface area contributed by atoms with E-state index in [4.69, 9.17) is 13.9 Å². The number of hydrogen-bond acceptors (Lipinski definition) is 9. The van der Waals surface area contributed by atoms with Gasteiger partial charge in [0.25, 0.3) is 0 Å². The minimum atomic E-state index is -1.53. The lowest BCUT2D eigenvalue weighted by molar-refractivity contribution is -0.268. The fraction of sp³-hybridized carbons (Fsp3) is 0.286. The van der Waals surface area contributed by atoms with Crippen molar-refractivity contribution in [2.75, 3.05) is 0 Å². The second-order valence-electron chi connectivity index (χ2n) is 7.14. The Morgan fingerprint density at radius 2 is 1.67 bits per heavy atom. The lowest BCUT2D eigenvalue weighted by atomic mass is 10.00. The fourth-order valence-electron chi connectivity index (χ4n) is 3.36. The largest absolute Gasteiger partial charge is 0.508 e. The van der Waals surface area contributed by atoms with Crippen molar-refractivity contribution in [1.82, 2.24) is 0 Å². The van der Waals surface area contributed by atoms with Crippen LogP contribution in [0, 0.1) is 0 Å². The second kappa shape index (κ2) is 7.62. The number of hydrogen-bond donors (Lipinski definition) is 5. The molecule has 0 radical (unpaired) electrons. The summed E-state index contributed by atoms with van der Waals surface area (Å²) in [5.74, 6) is -0.330. The van der Waals surface area contributed by atoms with Crippen molar-refractivity contribution >= 4 is 11.0 Å². The molecule has 5 atom stereocenters. The number of rotatable bonds is 3. The summed E-state index contributed by atoms with van der Waals surface area (Å²) < 4.78 is 16.4. The average Bonchev–Trinajstić information content (AvgIpc) is 2.71. The van der Waals surface area contributed by atoms with E-state index in [1.165, 1.54) is 31.4 Å². The Morgan fingerprint density at radius 1 is 0.967 bits per heavy atom. The number of aliphatic hydroxyl groups is 3. The maximum atomic E-state index is 12.9. The molecule has 1 saturated heterocycles. The van der Waals surface area contributed by atoms with E-state index in [-0.39, 0.29) is 28.0 Å². The van der Waals surface area contributed by atoms with E-state index in [0.29, 0.717) is 5.56 Å². The molecule has 4 rings (SSSR count). The number of fused-ring (bicyclic) bond motifs is 1. The molecular formula is C21H20O9. The van der Waals surface area contributed by atoms with Gasteiger partial charge in [-0.2, -0.15) is 0 Å². The summed E-state index contributed by atoms with van der Waals surface area (Å²) in [5, 5.41) is 49.5. The smallest absolute Gasteiger partial charge is 0.229 e. The Morgan fingerprint density at radius 3 is 2.37 bits per heavy atom. The monoisotopic (exact) mass is 416 g/mol. The van der Waals surface area contributed by atoms with E-state index in [1.54, 1.807) is 12.1 Å². The first-order chi connectivity index (χ1) is 14.3. The summed E-state index contributed by atoms with van der Waals surface area (Å²) in [4.78, 5) is 12.9. The van der Waals surface area contributed by atoms with Crippen molar-refractivity contribution in [1.29, 1.82) is 0 Å². The molecular weight excluding hydrogens is 396 g/mol. The van der Waals surface area contributed by atoms with Crippen LogP contribution in [0.2, 0.25) is 0 Å². The number of phenols is 2. The summed E-state index contributed by atoms with van der Waals surface area (Å²) in [6.07, 6.45) is -5.15. The van der Waals surface area contributed by atoms with Crippen molar-refractivity contribution in [3.05, 3.63) is 52.9 Å². The Labute approximate surface area is 170 Å². The van der Waals surface area contributed by atoms with Gasteiger partial charge in [-0.25, -0.2) is 0 Å². The predicted octanol–water partition coefficient (Wildman–Crippen LogP) is 1.08. The summed E-state index contributed by atoms with van der Waals surface area (Å²) in [5.41, 5.74) is 0.260. The first-order valence-electron chi connectivity index (χ1n) is 9.20. The molecule has 3 aromatic rings. The van der Waals surface area contributed by atoms with Crippen molar-refractivity contribution < 1.29 is 39.4 Å². The van der Waals surface area contributed by atoms with Gasteiger partial charge in [0.2, 0.25) is 11.7 Å². The average molecular weight is 416 g/mol. The van der Waals surface area contributed by atoms with Gasteiger partial charge >= 0.3 is 0 Å². The van der Waals surface area contributed by atoms with E-state index in [0.717, 1.165) is 6.07 Å². The van der Waals surface area contributed by atoms with E-state index < -0.39 is 41.9 Å². The first kappa shape index (κ1) is 20.2. The van der Waals surface area contributed by atoms with Crippen molar-refractivity contribution in [3.8, 4) is 28.4 Å². The SMILES string of the molecule is C[C@@H]1O[C@@H](Oc2cc(O)c3c(=O)c(-c4ccc(O)cc4)coc3c2)[C@H](O)[C@H](O)[C@H]1O. The van der Waals surface area contributed by atoms with Gasteiger partial charge in [-0.15, -0.1) is 0 Å². The van der Waals surface area contributed by atoms with Gasteiger partial charge in [-0.1, -0.05) is 12.1 Å². The van der Waals surface area contributed by atoms with Gasteiger partial charge < -0.3 is 39.4 Å². The molecule has 30 heavy (non-hydrogen) atoms. The Balaban J connectivity index is 1.69. The highest BCUT2D eigenvalue weighted by atomic mass is 16.7. The lowest BCUT2D eigenvalue weighted by Gasteiger charge is -2.38. The van der Waals surface area contributed by atoms with E-state index in [2.05, 4.69) is 0 Å². The van der Waals surface area contributed by atoms with Gasteiger partial charge in [0.1, 0.15) is 52.8 Å². The van der Waals surface area contributed by atoms with Crippen molar-refractivity contribution in [2.24, 2.45) is 0 Å². The van der Waals surface area contributed by atoms with Crippen LogP contribution in [-0.4, -0.2) is 56.2 Å². The minimum absolute atomic E-state index is 0.0281. The molecule has 0 unspecified atom stereocenters. The molecule has 9 nitrogen and oxygen atoms in total. The maximum absolute atomic E-state index is 12.9. The Kier molecular flexibility index (Phi) is 5.12. The standard InChI is InChI=1S/C21H20O9/c1-9-17(24)19(26)20(27)21(29-9)30-12-6-14(23)16-15(7-12)28-8-13(18(16)25)10-2-4-11(22)5-3-10/h2-9,17,19-24,26-27H,1H3/t9-,17-,19+,20+,21-/m0/s1. The molecule has 2 aromatic carbocycles. The van der Waals surface area contributed by atoms with Crippen LogP contribution < -0.4 is 10.2 Å². The quantitative estimate of drug-likeness (QED) is 0.423. The topological polar surface area (TPSA) is 150 Å². The highest BCUT2D eigenvalue weighted by Gasteiger charge is 2.43. The molecule has 1 fully saturated rings. The van der Waals surface area contributed by atoms with E-state index >= 15 is 0 Å². The zero-order valence-corrected chi connectivity index (χ0v) is 15.8. The van der Waals surface area contributed by atoms with Gasteiger partial charge in [-0.3, -0.25) is 4.79 Å². The lowest BCUT2D eigenvalue weighted by Crippen LogP contribution is -2.58. The van der Waals surface area contributed by atoms with Crippen LogP contribution in [0.25, 0.3) is 22.1 Å². The third kappa shape index (κ3) is 3.48. The normalized spacial score (nSPS) is 26.6. The molecule has 0 spiro atoms. The summed E-state index contributed by atoms with van der Waals surface area (Å²) in [6.45, 7) is 1.51. The van der Waals surface area contributed by atoms with Crippen LogP contribution >= 0.6 is 0 Å². The summed E-state index contributed by atoms with van der Waals surface area (Å²) in [7, 11) is 0. The third-order valence-electron chi connectivity index (χ3n) is 5.07. The molecule has 9 heteroatoms. The van der Waals surface area contributed by atoms with E-state index in [9.17, 15) is 30.3 Å². The summed E-state index contributed by atoms with van der Waals surface area (Å²) >= 11 is 0. The zero-order chi connectivity index (χ0) is 21.6. The fourth-order valence-corrected chi connectivity index (χ4v) is 3.36. The first-order valence-corrected chi connectivity index (χ1v) is 9.20. The molecule has 0 amide bonds. The number of aliphatic hydroxyl groups excluding tert-OH is 3. The van der Waals surface area contributed by atoms with Gasteiger partial charge in [0.15, 0.2) is 0 Å². The van der Waals surface area contributed by atoms with Crippen LogP contribution in [0.15, 0.2) is 51.9 Å². The highest BCUT2D eigenvalue weighted by molar-refractivity contribution is 5.88.